The number of aromatic nitrogens is 4. The summed E-state index contributed by atoms with van der Waals surface area (Å²) < 4.78 is 5.10. The molecule has 15 heavy (non-hydrogen) atoms. The first-order valence-corrected chi connectivity index (χ1v) is 4.49. The summed E-state index contributed by atoms with van der Waals surface area (Å²) in [5, 5.41) is 16.7. The van der Waals surface area contributed by atoms with Gasteiger partial charge in [-0.2, -0.15) is 5.21 Å². The van der Waals surface area contributed by atoms with Gasteiger partial charge in [-0.15, -0.1) is 10.2 Å². The second kappa shape index (κ2) is 4.41. The van der Waals surface area contributed by atoms with Crippen molar-refractivity contribution >= 4 is 5.69 Å². The largest absolute Gasteiger partial charge is 0.497 e. The van der Waals surface area contributed by atoms with Crippen LogP contribution in [0.4, 0.5) is 5.69 Å². The highest BCUT2D eigenvalue weighted by molar-refractivity contribution is 5.48. The van der Waals surface area contributed by atoms with Crippen LogP contribution in [0.3, 0.4) is 0 Å². The number of hydrogen-bond donors (Lipinski definition) is 2. The lowest BCUT2D eigenvalue weighted by Gasteiger charge is -2.05. The van der Waals surface area contributed by atoms with Gasteiger partial charge in [0.25, 0.3) is 0 Å². The van der Waals surface area contributed by atoms with Gasteiger partial charge >= 0.3 is 0 Å². The average Bonchev–Trinajstić information content (AvgIpc) is 2.79. The predicted molar refractivity (Wildman–Crippen MR) is 54.5 cm³/mol. The van der Waals surface area contributed by atoms with Gasteiger partial charge in [-0.05, 0) is 12.1 Å². The highest BCUT2D eigenvalue weighted by Gasteiger charge is 1.98. The third-order valence-corrected chi connectivity index (χ3v) is 1.91. The molecule has 2 N–H and O–H groups in total. The molecule has 78 valence electrons. The molecule has 0 aliphatic rings. The number of methoxy groups -OCH3 is 1. The van der Waals surface area contributed by atoms with Crippen LogP contribution in [0.5, 0.6) is 5.75 Å². The second-order valence-corrected chi connectivity index (χ2v) is 2.91. The first-order valence-electron chi connectivity index (χ1n) is 4.49. The molecule has 0 saturated carbocycles. The van der Waals surface area contributed by atoms with Crippen molar-refractivity contribution in [1.82, 2.24) is 20.6 Å². The van der Waals surface area contributed by atoms with Gasteiger partial charge in [0.2, 0.25) is 0 Å². The summed E-state index contributed by atoms with van der Waals surface area (Å²) >= 11 is 0. The molecule has 0 atom stereocenters. The van der Waals surface area contributed by atoms with Gasteiger partial charge in [0.15, 0.2) is 5.82 Å². The number of anilines is 1. The normalized spacial score (nSPS) is 9.93. The molecule has 0 aliphatic carbocycles. The Morgan fingerprint density at radius 2 is 2.40 bits per heavy atom. The van der Waals surface area contributed by atoms with Crippen LogP contribution in [0.1, 0.15) is 5.82 Å². The van der Waals surface area contributed by atoms with Crippen LogP contribution in [-0.4, -0.2) is 27.7 Å². The molecule has 2 rings (SSSR count). The first-order chi connectivity index (χ1) is 7.38. The zero-order valence-electron chi connectivity index (χ0n) is 8.27. The highest BCUT2D eigenvalue weighted by Crippen LogP contribution is 2.16. The molecular formula is C9H11N5O. The fraction of sp³-hybridized carbons (Fsp3) is 0.222. The number of rotatable bonds is 4. The quantitative estimate of drug-likeness (QED) is 0.772. The Bertz CT molecular complexity index is 414. The zero-order chi connectivity index (χ0) is 10.5. The lowest BCUT2D eigenvalue weighted by atomic mass is 10.3. The molecular weight excluding hydrogens is 194 g/mol. The molecule has 0 aliphatic heterocycles. The van der Waals surface area contributed by atoms with Crippen LogP contribution in [0.25, 0.3) is 0 Å². The van der Waals surface area contributed by atoms with Gasteiger partial charge in [0.1, 0.15) is 5.75 Å². The van der Waals surface area contributed by atoms with E-state index in [1.165, 1.54) is 0 Å². The number of nitrogens with one attached hydrogen (secondary N) is 2. The Labute approximate surface area is 86.7 Å². The van der Waals surface area contributed by atoms with Crippen molar-refractivity contribution < 1.29 is 4.74 Å². The minimum absolute atomic E-state index is 0.531. The summed E-state index contributed by atoms with van der Waals surface area (Å²) in [6.07, 6.45) is 0. The summed E-state index contributed by atoms with van der Waals surface area (Å²) in [7, 11) is 1.64. The van der Waals surface area contributed by atoms with E-state index in [0.29, 0.717) is 12.4 Å². The van der Waals surface area contributed by atoms with E-state index in [0.717, 1.165) is 11.4 Å². The number of benzene rings is 1. The summed E-state index contributed by atoms with van der Waals surface area (Å²) in [5.74, 6) is 1.44. The molecule has 0 unspecified atom stereocenters. The van der Waals surface area contributed by atoms with Crippen LogP contribution in [-0.2, 0) is 6.54 Å². The van der Waals surface area contributed by atoms with Crippen LogP contribution < -0.4 is 10.1 Å². The maximum Gasteiger partial charge on any atom is 0.193 e. The van der Waals surface area contributed by atoms with Gasteiger partial charge in [-0.1, -0.05) is 11.3 Å². The summed E-state index contributed by atoms with van der Waals surface area (Å²) in [4.78, 5) is 0. The van der Waals surface area contributed by atoms with Crippen molar-refractivity contribution in [2.75, 3.05) is 12.4 Å². The monoisotopic (exact) mass is 205 g/mol. The summed E-state index contributed by atoms with van der Waals surface area (Å²) in [6, 6.07) is 7.65. The fourth-order valence-electron chi connectivity index (χ4n) is 1.17. The van der Waals surface area contributed by atoms with E-state index >= 15 is 0 Å². The van der Waals surface area contributed by atoms with E-state index in [2.05, 4.69) is 25.9 Å². The van der Waals surface area contributed by atoms with Crippen molar-refractivity contribution in [2.45, 2.75) is 6.54 Å². The molecule has 1 aromatic heterocycles. The first kappa shape index (κ1) is 9.45. The van der Waals surface area contributed by atoms with Gasteiger partial charge < -0.3 is 10.1 Å². The molecule has 1 aromatic carbocycles. The number of nitrogens with zero attached hydrogens (tertiary/aromatic N) is 3. The van der Waals surface area contributed by atoms with Crippen LogP contribution in [0, 0.1) is 0 Å². The number of aromatic amines is 1. The standard InChI is InChI=1S/C9H11N5O/c1-15-8-4-2-3-7(5-8)10-6-9-11-13-14-12-9/h2-5,10H,6H2,1H3,(H,11,12,13,14). The highest BCUT2D eigenvalue weighted by atomic mass is 16.5. The van der Waals surface area contributed by atoms with Crippen molar-refractivity contribution in [3.63, 3.8) is 0 Å². The second-order valence-electron chi connectivity index (χ2n) is 2.91. The van der Waals surface area contributed by atoms with E-state index in [-0.39, 0.29) is 0 Å². The predicted octanol–water partition coefficient (Wildman–Crippen LogP) is 0.820. The molecule has 2 aromatic rings. The molecule has 6 nitrogen and oxygen atoms in total. The third-order valence-electron chi connectivity index (χ3n) is 1.91. The average molecular weight is 205 g/mol. The van der Waals surface area contributed by atoms with Crippen molar-refractivity contribution in [3.8, 4) is 5.75 Å². The molecule has 0 bridgehead atoms. The summed E-state index contributed by atoms with van der Waals surface area (Å²) in [6.45, 7) is 0.531. The van der Waals surface area contributed by atoms with Crippen molar-refractivity contribution in [3.05, 3.63) is 30.1 Å². The minimum atomic E-state index is 0.531. The Morgan fingerprint density at radius 3 is 3.13 bits per heavy atom. The maximum atomic E-state index is 5.10. The number of ether oxygens (including phenoxy) is 1. The Hall–Kier alpha value is -2.11. The van der Waals surface area contributed by atoms with E-state index in [1.807, 2.05) is 24.3 Å². The lowest BCUT2D eigenvalue weighted by Crippen LogP contribution is -2.01. The van der Waals surface area contributed by atoms with Gasteiger partial charge in [-0.25, -0.2) is 0 Å². The smallest absolute Gasteiger partial charge is 0.193 e. The van der Waals surface area contributed by atoms with Crippen molar-refractivity contribution in [1.29, 1.82) is 0 Å². The topological polar surface area (TPSA) is 75.7 Å². The SMILES string of the molecule is COc1cccc(NCc2nn[nH]n2)c1. The molecule has 0 radical (unpaired) electrons. The van der Waals surface area contributed by atoms with E-state index in [4.69, 9.17) is 4.74 Å². The fourth-order valence-corrected chi connectivity index (χ4v) is 1.17. The zero-order valence-corrected chi connectivity index (χ0v) is 8.27. The van der Waals surface area contributed by atoms with Gasteiger partial charge in [0.05, 0.1) is 13.7 Å². The van der Waals surface area contributed by atoms with Crippen LogP contribution >= 0.6 is 0 Å². The molecule has 0 saturated heterocycles. The molecule has 0 amide bonds. The van der Waals surface area contributed by atoms with Gasteiger partial charge in [-0.3, -0.25) is 0 Å². The molecule has 6 heteroatoms. The Balaban J connectivity index is 1.98. The van der Waals surface area contributed by atoms with Gasteiger partial charge in [0, 0.05) is 11.8 Å². The molecule has 1 heterocycles. The minimum Gasteiger partial charge on any atom is -0.497 e. The Kier molecular flexibility index (Phi) is 2.77. The van der Waals surface area contributed by atoms with E-state index < -0.39 is 0 Å². The number of hydrogen-bond acceptors (Lipinski definition) is 5. The molecule has 0 spiro atoms. The maximum absolute atomic E-state index is 5.10. The Morgan fingerprint density at radius 1 is 1.47 bits per heavy atom. The number of tetrazole rings is 1. The molecule has 0 fully saturated rings. The van der Waals surface area contributed by atoms with Crippen molar-refractivity contribution in [2.24, 2.45) is 0 Å². The van der Waals surface area contributed by atoms with E-state index in [1.54, 1.807) is 7.11 Å². The lowest BCUT2D eigenvalue weighted by molar-refractivity contribution is 0.415. The van der Waals surface area contributed by atoms with E-state index in [9.17, 15) is 0 Å². The third kappa shape index (κ3) is 2.43. The van der Waals surface area contributed by atoms with Crippen LogP contribution in [0.2, 0.25) is 0 Å². The summed E-state index contributed by atoms with van der Waals surface area (Å²) in [5.41, 5.74) is 0.958. The van der Waals surface area contributed by atoms with Crippen LogP contribution in [0.15, 0.2) is 24.3 Å². The number of H-pyrrole nitrogens is 1.